The Morgan fingerprint density at radius 2 is 1.82 bits per heavy atom. The molecule has 0 saturated heterocycles. The Kier molecular flexibility index (Phi) is 4.02. The number of anilines is 1. The first-order chi connectivity index (χ1) is 8.04. The number of nitrogens with one attached hydrogen (secondary N) is 1. The summed E-state index contributed by atoms with van der Waals surface area (Å²) < 4.78 is 6.18. The molecule has 2 rings (SSSR count). The number of halogens is 3. The molecule has 0 spiro atoms. The molecule has 1 aromatic heterocycles. The van der Waals surface area contributed by atoms with Gasteiger partial charge in [0.15, 0.2) is 4.67 Å². The van der Waals surface area contributed by atoms with Gasteiger partial charge < -0.3 is 9.73 Å². The molecule has 0 amide bonds. The molecule has 1 unspecified atom stereocenters. The lowest BCUT2D eigenvalue weighted by Crippen LogP contribution is -2.05. The van der Waals surface area contributed by atoms with Crippen LogP contribution in [0.25, 0.3) is 0 Å². The van der Waals surface area contributed by atoms with Crippen LogP contribution in [0.5, 0.6) is 0 Å². The molecule has 1 heterocycles. The normalized spacial score (nSPS) is 12.5. The fourth-order valence-corrected chi connectivity index (χ4v) is 2.36. The van der Waals surface area contributed by atoms with Crippen LogP contribution in [0.3, 0.4) is 0 Å². The molecule has 0 aliphatic rings. The Hall–Kier alpha value is -0.640. The quantitative estimate of drug-likeness (QED) is 0.799. The Morgan fingerprint density at radius 1 is 1.18 bits per heavy atom. The first kappa shape index (κ1) is 12.8. The second-order valence-electron chi connectivity index (χ2n) is 3.67. The van der Waals surface area contributed by atoms with Gasteiger partial charge in [-0.3, -0.25) is 0 Å². The fourth-order valence-electron chi connectivity index (χ4n) is 1.52. The fraction of sp³-hybridized carbons (Fsp3) is 0.167. The maximum atomic E-state index is 5.93. The third kappa shape index (κ3) is 3.41. The van der Waals surface area contributed by atoms with Gasteiger partial charge in [0.25, 0.3) is 0 Å². The van der Waals surface area contributed by atoms with Gasteiger partial charge in [0.1, 0.15) is 5.76 Å². The lowest BCUT2D eigenvalue weighted by Gasteiger charge is -2.13. The molecule has 0 saturated carbocycles. The minimum absolute atomic E-state index is 0.0378. The number of hydrogen-bond donors (Lipinski definition) is 1. The number of hydrogen-bond acceptors (Lipinski definition) is 2. The van der Waals surface area contributed by atoms with E-state index in [1.807, 2.05) is 31.2 Å². The zero-order chi connectivity index (χ0) is 12.4. The van der Waals surface area contributed by atoms with E-state index in [1.165, 1.54) is 0 Å². The molecule has 1 N–H and O–H groups in total. The van der Waals surface area contributed by atoms with E-state index in [2.05, 4.69) is 21.2 Å². The molecule has 17 heavy (non-hydrogen) atoms. The Labute approximate surface area is 118 Å². The van der Waals surface area contributed by atoms with Gasteiger partial charge in [-0.25, -0.2) is 0 Å². The second-order valence-corrected chi connectivity index (χ2v) is 5.32. The molecule has 0 radical (unpaired) electrons. The standard InChI is InChI=1S/C12H10BrCl2NO/c1-7(11-2-3-12(13)17-11)16-10-5-8(14)4-9(15)6-10/h2-7,16H,1H3. The van der Waals surface area contributed by atoms with Crippen LogP contribution in [0.2, 0.25) is 10.0 Å². The smallest absolute Gasteiger partial charge is 0.169 e. The van der Waals surface area contributed by atoms with Crippen LogP contribution < -0.4 is 5.32 Å². The van der Waals surface area contributed by atoms with E-state index < -0.39 is 0 Å². The van der Waals surface area contributed by atoms with Crippen LogP contribution in [-0.4, -0.2) is 0 Å². The zero-order valence-corrected chi connectivity index (χ0v) is 12.1. The average molecular weight is 335 g/mol. The Bertz CT molecular complexity index is 507. The molecule has 5 heteroatoms. The Balaban J connectivity index is 2.15. The zero-order valence-electron chi connectivity index (χ0n) is 9.01. The highest BCUT2D eigenvalue weighted by atomic mass is 79.9. The summed E-state index contributed by atoms with van der Waals surface area (Å²) in [5.41, 5.74) is 0.863. The van der Waals surface area contributed by atoms with Gasteiger partial charge in [-0.2, -0.15) is 0 Å². The Morgan fingerprint density at radius 3 is 2.35 bits per heavy atom. The van der Waals surface area contributed by atoms with E-state index in [1.54, 1.807) is 6.07 Å². The van der Waals surface area contributed by atoms with Crippen LogP contribution in [0.15, 0.2) is 39.4 Å². The van der Waals surface area contributed by atoms with E-state index in [4.69, 9.17) is 27.6 Å². The molecule has 2 aromatic rings. The van der Waals surface area contributed by atoms with Gasteiger partial charge in [-0.15, -0.1) is 0 Å². The van der Waals surface area contributed by atoms with Gasteiger partial charge in [0.05, 0.1) is 6.04 Å². The average Bonchev–Trinajstić information content (AvgIpc) is 2.63. The predicted octanol–water partition coefficient (Wildman–Crippen LogP) is 5.52. The molecular formula is C12H10BrCl2NO. The van der Waals surface area contributed by atoms with Gasteiger partial charge in [-0.05, 0) is 53.2 Å². The molecule has 0 bridgehead atoms. The summed E-state index contributed by atoms with van der Waals surface area (Å²) in [6, 6.07) is 9.15. The predicted molar refractivity (Wildman–Crippen MR) is 74.9 cm³/mol. The monoisotopic (exact) mass is 333 g/mol. The molecule has 1 atom stereocenters. The summed E-state index contributed by atoms with van der Waals surface area (Å²) in [4.78, 5) is 0. The van der Waals surface area contributed by atoms with Crippen LogP contribution >= 0.6 is 39.1 Å². The van der Waals surface area contributed by atoms with Crippen LogP contribution in [0, 0.1) is 0 Å². The molecule has 0 aliphatic carbocycles. The van der Waals surface area contributed by atoms with E-state index in [-0.39, 0.29) is 6.04 Å². The van der Waals surface area contributed by atoms with E-state index in [0.717, 1.165) is 11.4 Å². The lowest BCUT2D eigenvalue weighted by atomic mass is 10.2. The summed E-state index contributed by atoms with van der Waals surface area (Å²) in [6.07, 6.45) is 0. The van der Waals surface area contributed by atoms with Gasteiger partial charge in [-0.1, -0.05) is 23.2 Å². The number of rotatable bonds is 3. The largest absolute Gasteiger partial charge is 0.452 e. The SMILES string of the molecule is CC(Nc1cc(Cl)cc(Cl)c1)c1ccc(Br)o1. The highest BCUT2D eigenvalue weighted by Crippen LogP contribution is 2.27. The second kappa shape index (κ2) is 5.34. The van der Waals surface area contributed by atoms with E-state index in [0.29, 0.717) is 14.7 Å². The highest BCUT2D eigenvalue weighted by Gasteiger charge is 2.10. The van der Waals surface area contributed by atoms with Crippen molar-refractivity contribution in [3.05, 3.63) is 50.8 Å². The van der Waals surface area contributed by atoms with Crippen LogP contribution in [0.1, 0.15) is 18.7 Å². The minimum Gasteiger partial charge on any atom is -0.452 e. The van der Waals surface area contributed by atoms with Crippen molar-refractivity contribution in [3.63, 3.8) is 0 Å². The molecule has 0 aliphatic heterocycles. The summed E-state index contributed by atoms with van der Waals surface area (Å²) in [6.45, 7) is 2.00. The van der Waals surface area contributed by atoms with Crippen molar-refractivity contribution in [1.29, 1.82) is 0 Å². The molecule has 0 fully saturated rings. The van der Waals surface area contributed by atoms with Gasteiger partial charge in [0, 0.05) is 15.7 Å². The van der Waals surface area contributed by atoms with Crippen LogP contribution in [-0.2, 0) is 0 Å². The van der Waals surface area contributed by atoms with Crippen molar-refractivity contribution < 1.29 is 4.42 Å². The summed E-state index contributed by atoms with van der Waals surface area (Å²) in [5, 5.41) is 4.48. The van der Waals surface area contributed by atoms with Gasteiger partial charge >= 0.3 is 0 Å². The summed E-state index contributed by atoms with van der Waals surface area (Å²) in [5.74, 6) is 0.841. The summed E-state index contributed by atoms with van der Waals surface area (Å²) >= 11 is 15.1. The molecule has 90 valence electrons. The third-order valence-corrected chi connectivity index (χ3v) is 3.13. The van der Waals surface area contributed by atoms with Crippen molar-refractivity contribution >= 4 is 44.8 Å². The maximum absolute atomic E-state index is 5.93. The minimum atomic E-state index is 0.0378. The van der Waals surface area contributed by atoms with Crippen molar-refractivity contribution in [2.24, 2.45) is 0 Å². The highest BCUT2D eigenvalue weighted by molar-refractivity contribution is 9.10. The van der Waals surface area contributed by atoms with Crippen molar-refractivity contribution in [3.8, 4) is 0 Å². The van der Waals surface area contributed by atoms with Crippen LogP contribution in [0.4, 0.5) is 5.69 Å². The maximum Gasteiger partial charge on any atom is 0.169 e. The van der Waals surface area contributed by atoms with Crippen molar-refractivity contribution in [2.75, 3.05) is 5.32 Å². The van der Waals surface area contributed by atoms with E-state index in [9.17, 15) is 0 Å². The van der Waals surface area contributed by atoms with Crippen molar-refractivity contribution in [2.45, 2.75) is 13.0 Å². The van der Waals surface area contributed by atoms with Crippen molar-refractivity contribution in [1.82, 2.24) is 0 Å². The van der Waals surface area contributed by atoms with E-state index >= 15 is 0 Å². The number of benzene rings is 1. The number of furan rings is 1. The molecular weight excluding hydrogens is 325 g/mol. The lowest BCUT2D eigenvalue weighted by molar-refractivity contribution is 0.471. The van der Waals surface area contributed by atoms with Gasteiger partial charge in [0.2, 0.25) is 0 Å². The molecule has 1 aromatic carbocycles. The summed E-state index contributed by atoms with van der Waals surface area (Å²) in [7, 11) is 0. The third-order valence-electron chi connectivity index (χ3n) is 2.27. The topological polar surface area (TPSA) is 25.2 Å². The molecule has 2 nitrogen and oxygen atoms in total. The first-order valence-corrected chi connectivity index (χ1v) is 6.57. The first-order valence-electron chi connectivity index (χ1n) is 5.02.